The van der Waals surface area contributed by atoms with Crippen molar-refractivity contribution in [3.8, 4) is 11.5 Å². The Morgan fingerprint density at radius 1 is 1.00 bits per heavy atom. The molecule has 8 nitrogen and oxygen atoms in total. The molecule has 2 N–H and O–H groups in total. The first-order valence-electron chi connectivity index (χ1n) is 12.0. The van der Waals surface area contributed by atoms with E-state index in [1.54, 1.807) is 11.8 Å². The first-order chi connectivity index (χ1) is 17.9. The molecule has 2 heterocycles. The summed E-state index contributed by atoms with van der Waals surface area (Å²) in [6.07, 6.45) is 1.47. The molecule has 1 aromatic heterocycles. The Labute approximate surface area is 216 Å². The van der Waals surface area contributed by atoms with E-state index in [-0.39, 0.29) is 5.91 Å². The van der Waals surface area contributed by atoms with E-state index < -0.39 is 6.04 Å². The number of hydrogen-bond acceptors (Lipinski definition) is 6. The maximum atomic E-state index is 13.6. The molecule has 188 valence electrons. The quantitative estimate of drug-likeness (QED) is 0.356. The van der Waals surface area contributed by atoms with Gasteiger partial charge in [-0.3, -0.25) is 4.79 Å². The lowest BCUT2D eigenvalue weighted by Gasteiger charge is -2.29. The van der Waals surface area contributed by atoms with Gasteiger partial charge in [-0.25, -0.2) is 4.68 Å². The van der Waals surface area contributed by atoms with Crippen molar-refractivity contribution >= 4 is 17.5 Å². The number of amides is 1. The second kappa shape index (κ2) is 10.2. The van der Waals surface area contributed by atoms with Crippen molar-refractivity contribution in [2.24, 2.45) is 0 Å². The number of rotatable bonds is 7. The molecular weight excluding hydrogens is 466 g/mol. The van der Waals surface area contributed by atoms with Crippen LogP contribution in [0.1, 0.15) is 35.2 Å². The smallest absolute Gasteiger partial charge is 0.255 e. The van der Waals surface area contributed by atoms with Crippen LogP contribution in [0.25, 0.3) is 0 Å². The molecule has 1 amide bonds. The van der Waals surface area contributed by atoms with Crippen LogP contribution in [0.5, 0.6) is 11.5 Å². The number of carbonyl (C=O) groups is 1. The topological polar surface area (TPSA) is 90.3 Å². The minimum atomic E-state index is -0.510. The normalized spacial score (nSPS) is 14.5. The summed E-state index contributed by atoms with van der Waals surface area (Å²) < 4.78 is 13.5. The molecular formula is C29H29N5O3. The minimum Gasteiger partial charge on any atom is -0.493 e. The third kappa shape index (κ3) is 5.04. The molecule has 0 bridgehead atoms. The number of nitrogens with zero attached hydrogens (tertiary/aromatic N) is 3. The van der Waals surface area contributed by atoms with Crippen LogP contribution >= 0.6 is 0 Å². The van der Waals surface area contributed by atoms with Gasteiger partial charge in [0.2, 0.25) is 5.95 Å². The lowest BCUT2D eigenvalue weighted by atomic mass is 9.94. The summed E-state index contributed by atoms with van der Waals surface area (Å²) >= 11 is 0. The summed E-state index contributed by atoms with van der Waals surface area (Å²) in [6, 6.07) is 21.1. The first kappa shape index (κ1) is 24.1. The summed E-state index contributed by atoms with van der Waals surface area (Å²) in [5, 5.41) is 10.6. The number of ether oxygens (including phenoxy) is 2. The van der Waals surface area contributed by atoms with E-state index in [2.05, 4.69) is 39.8 Å². The predicted octanol–water partition coefficient (Wildman–Crippen LogP) is 5.41. The van der Waals surface area contributed by atoms with Crippen LogP contribution in [0.2, 0.25) is 0 Å². The van der Waals surface area contributed by atoms with Gasteiger partial charge in [-0.2, -0.15) is 10.1 Å². The van der Waals surface area contributed by atoms with E-state index in [9.17, 15) is 4.79 Å². The number of aryl methyl sites for hydroxylation is 2. The van der Waals surface area contributed by atoms with Gasteiger partial charge in [-0.15, -0.1) is 0 Å². The number of hydrogen-bond donors (Lipinski definition) is 2. The molecule has 3 aromatic carbocycles. The average molecular weight is 496 g/mol. The van der Waals surface area contributed by atoms with Gasteiger partial charge in [0.1, 0.15) is 19.0 Å². The van der Waals surface area contributed by atoms with E-state index in [1.807, 2.05) is 68.4 Å². The zero-order valence-corrected chi connectivity index (χ0v) is 21.3. The Hall–Kier alpha value is -4.59. The van der Waals surface area contributed by atoms with E-state index in [1.165, 1.54) is 11.9 Å². The van der Waals surface area contributed by atoms with Gasteiger partial charge in [-0.05, 0) is 56.2 Å². The van der Waals surface area contributed by atoms with Crippen LogP contribution in [0.4, 0.5) is 11.6 Å². The lowest BCUT2D eigenvalue weighted by Crippen LogP contribution is -2.31. The molecule has 0 fully saturated rings. The SMILES string of the molecule is COc1cc(C2C(C(=O)Nc3ccc(C)cc3)=C(C)Nc3ncnn32)ccc1OCc1cccc(C)c1. The maximum Gasteiger partial charge on any atom is 0.255 e. The number of nitrogens with one attached hydrogen (secondary N) is 2. The Balaban J connectivity index is 1.47. The number of anilines is 2. The molecule has 1 aliphatic rings. The molecule has 4 aromatic rings. The zero-order chi connectivity index (χ0) is 25.9. The Bertz CT molecular complexity index is 1470. The largest absolute Gasteiger partial charge is 0.493 e. The van der Waals surface area contributed by atoms with Gasteiger partial charge in [0, 0.05) is 11.4 Å². The van der Waals surface area contributed by atoms with Crippen LogP contribution in [0, 0.1) is 13.8 Å². The van der Waals surface area contributed by atoms with Gasteiger partial charge in [-0.1, -0.05) is 53.6 Å². The number of fused-ring (bicyclic) bond motifs is 1. The molecule has 0 saturated heterocycles. The molecule has 1 unspecified atom stereocenters. The van der Waals surface area contributed by atoms with Crippen molar-refractivity contribution in [2.45, 2.75) is 33.4 Å². The molecule has 0 saturated carbocycles. The van der Waals surface area contributed by atoms with Crippen LogP contribution in [-0.2, 0) is 11.4 Å². The summed E-state index contributed by atoms with van der Waals surface area (Å²) in [7, 11) is 1.61. The van der Waals surface area contributed by atoms with Crippen molar-refractivity contribution in [3.05, 3.63) is 107 Å². The number of methoxy groups -OCH3 is 1. The minimum absolute atomic E-state index is 0.223. The second-order valence-electron chi connectivity index (χ2n) is 9.10. The number of aromatic nitrogens is 3. The molecule has 0 aliphatic carbocycles. The van der Waals surface area contributed by atoms with Crippen molar-refractivity contribution in [3.63, 3.8) is 0 Å². The summed E-state index contributed by atoms with van der Waals surface area (Å²) in [5.41, 5.74) is 6.15. The monoisotopic (exact) mass is 495 g/mol. The number of carbonyl (C=O) groups excluding carboxylic acids is 1. The van der Waals surface area contributed by atoms with E-state index >= 15 is 0 Å². The van der Waals surface area contributed by atoms with Crippen LogP contribution < -0.4 is 20.1 Å². The van der Waals surface area contributed by atoms with Crippen molar-refractivity contribution in [1.82, 2.24) is 14.8 Å². The highest BCUT2D eigenvalue weighted by Gasteiger charge is 2.34. The van der Waals surface area contributed by atoms with Crippen molar-refractivity contribution < 1.29 is 14.3 Å². The summed E-state index contributed by atoms with van der Waals surface area (Å²) in [6.45, 7) is 6.35. The third-order valence-corrected chi connectivity index (χ3v) is 6.33. The van der Waals surface area contributed by atoms with Gasteiger partial charge >= 0.3 is 0 Å². The Kier molecular flexibility index (Phi) is 6.64. The lowest BCUT2D eigenvalue weighted by molar-refractivity contribution is -0.113. The molecule has 1 atom stereocenters. The predicted molar refractivity (Wildman–Crippen MR) is 143 cm³/mol. The fourth-order valence-electron chi connectivity index (χ4n) is 4.47. The third-order valence-electron chi connectivity index (χ3n) is 6.33. The molecule has 5 rings (SSSR count). The first-order valence-corrected chi connectivity index (χ1v) is 12.0. The van der Waals surface area contributed by atoms with Gasteiger partial charge < -0.3 is 20.1 Å². The van der Waals surface area contributed by atoms with Gasteiger partial charge in [0.05, 0.1) is 12.7 Å². The van der Waals surface area contributed by atoms with Gasteiger partial charge in [0.25, 0.3) is 5.91 Å². The zero-order valence-electron chi connectivity index (χ0n) is 21.3. The molecule has 0 radical (unpaired) electrons. The molecule has 0 spiro atoms. The second-order valence-corrected chi connectivity index (χ2v) is 9.10. The molecule has 37 heavy (non-hydrogen) atoms. The number of allylic oxidation sites excluding steroid dienone is 1. The van der Waals surface area contributed by atoms with E-state index in [0.29, 0.717) is 35.3 Å². The fraction of sp³-hybridized carbons (Fsp3) is 0.207. The van der Waals surface area contributed by atoms with E-state index in [4.69, 9.17) is 9.47 Å². The molecule has 8 heteroatoms. The molecule has 1 aliphatic heterocycles. The standard InChI is InChI=1S/C29H29N5O3/c1-18-8-11-23(12-9-18)33-28(35)26-20(3)32-29-30-17-31-34(29)27(26)22-10-13-24(25(15-22)36-4)37-16-21-7-5-6-19(2)14-21/h5-15,17,27H,16H2,1-4H3,(H,33,35)(H,30,31,32). The van der Waals surface area contributed by atoms with Gasteiger partial charge in [0.15, 0.2) is 11.5 Å². The van der Waals surface area contributed by atoms with Crippen LogP contribution in [-0.4, -0.2) is 27.8 Å². The number of benzene rings is 3. The van der Waals surface area contributed by atoms with Crippen LogP contribution in [0.3, 0.4) is 0 Å². The fourth-order valence-corrected chi connectivity index (χ4v) is 4.47. The Morgan fingerprint density at radius 2 is 1.81 bits per heavy atom. The van der Waals surface area contributed by atoms with Crippen molar-refractivity contribution in [1.29, 1.82) is 0 Å². The Morgan fingerprint density at radius 3 is 2.57 bits per heavy atom. The highest BCUT2D eigenvalue weighted by Crippen LogP contribution is 2.39. The highest BCUT2D eigenvalue weighted by atomic mass is 16.5. The van der Waals surface area contributed by atoms with Crippen molar-refractivity contribution in [2.75, 3.05) is 17.7 Å². The van der Waals surface area contributed by atoms with Crippen LogP contribution in [0.15, 0.2) is 84.3 Å². The summed E-state index contributed by atoms with van der Waals surface area (Å²) in [5.74, 6) is 1.53. The van der Waals surface area contributed by atoms with E-state index in [0.717, 1.165) is 22.4 Å². The maximum absolute atomic E-state index is 13.6. The average Bonchev–Trinajstić information content (AvgIpc) is 3.36. The highest BCUT2D eigenvalue weighted by molar-refractivity contribution is 6.06. The summed E-state index contributed by atoms with van der Waals surface area (Å²) in [4.78, 5) is 17.9.